The normalized spacial score (nSPS) is 24.3. The largest absolute Gasteiger partial charge is 1.00 e. The molecule has 3 aromatic carbocycles. The van der Waals surface area contributed by atoms with E-state index in [9.17, 15) is 33.9 Å². The molecule has 3 aliphatic rings. The van der Waals surface area contributed by atoms with E-state index in [1.807, 2.05) is 94.4 Å². The van der Waals surface area contributed by atoms with Crippen molar-refractivity contribution >= 4 is 35.9 Å². The van der Waals surface area contributed by atoms with Gasteiger partial charge in [-0.3, -0.25) is 9.59 Å². The number of benzene rings is 3. The van der Waals surface area contributed by atoms with Gasteiger partial charge in [0, 0.05) is 56.3 Å². The Kier molecular flexibility index (Phi) is 35.1. The highest BCUT2D eigenvalue weighted by Gasteiger charge is 2.45. The lowest BCUT2D eigenvalue weighted by atomic mass is 9.91. The second kappa shape index (κ2) is 41.1. The molecular weight excluding hydrogens is 1280 g/mol. The highest BCUT2D eigenvalue weighted by molar-refractivity contribution is 5.99. The average molecular weight is 1390 g/mol. The third kappa shape index (κ3) is 28.5. The van der Waals surface area contributed by atoms with Crippen LogP contribution in [0.25, 0.3) is 0 Å². The molecule has 98 heavy (non-hydrogen) atoms. The maximum absolute atomic E-state index is 13.4. The van der Waals surface area contributed by atoms with Gasteiger partial charge in [0.05, 0.1) is 64.4 Å². The van der Waals surface area contributed by atoms with Crippen LogP contribution in [0.5, 0.6) is 11.5 Å². The molecule has 22 nitrogen and oxygen atoms in total. The maximum atomic E-state index is 13.4. The number of esters is 3. The van der Waals surface area contributed by atoms with Crippen molar-refractivity contribution in [3.8, 4) is 11.5 Å². The van der Waals surface area contributed by atoms with E-state index >= 15 is 0 Å². The lowest BCUT2D eigenvalue weighted by Crippen LogP contribution is -3.00. The van der Waals surface area contributed by atoms with E-state index in [1.165, 1.54) is 24.9 Å². The minimum Gasteiger partial charge on any atom is -1.00 e. The van der Waals surface area contributed by atoms with Crippen molar-refractivity contribution < 1.29 is 109 Å². The molecule has 3 aliphatic heterocycles. The Bertz CT molecular complexity index is 3010. The fourth-order valence-corrected chi connectivity index (χ4v) is 11.1. The summed E-state index contributed by atoms with van der Waals surface area (Å²) >= 11 is 0. The topological polar surface area (TPSA) is 277 Å². The van der Waals surface area contributed by atoms with Crippen molar-refractivity contribution in [3.05, 3.63) is 126 Å². The fourth-order valence-electron chi connectivity index (χ4n) is 11.1. The zero-order valence-electron chi connectivity index (χ0n) is 60.4. The summed E-state index contributed by atoms with van der Waals surface area (Å²) in [4.78, 5) is 82.4. The number of halogens is 1. The molecule has 3 fully saturated rings. The zero-order chi connectivity index (χ0) is 71.6. The van der Waals surface area contributed by atoms with Crippen molar-refractivity contribution in [2.24, 2.45) is 41.4 Å². The number of methoxy groups -OCH3 is 1. The Hall–Kier alpha value is -6.76. The number of nitrogens with zero attached hydrogens (tertiary/aromatic N) is 2. The average Bonchev–Trinajstić information content (AvgIpc) is 1.44. The fraction of sp³-hybridized carbons (Fsp3) is 0.613. The molecule has 0 aliphatic carbocycles. The van der Waals surface area contributed by atoms with E-state index in [0.29, 0.717) is 62.6 Å². The third-order valence-corrected chi connectivity index (χ3v) is 15.7. The first-order chi connectivity index (χ1) is 45.8. The molecule has 4 aromatic rings. The van der Waals surface area contributed by atoms with Crippen LogP contribution in [-0.4, -0.2) is 177 Å². The van der Waals surface area contributed by atoms with Crippen LogP contribution in [0.2, 0.25) is 0 Å². The zero-order valence-corrected chi connectivity index (χ0v) is 61.2. The first-order valence-corrected chi connectivity index (χ1v) is 34.0. The van der Waals surface area contributed by atoms with Crippen molar-refractivity contribution in [2.75, 3.05) is 66.6 Å². The number of rotatable bonds is 20. The molecule has 12 atom stereocenters. The highest BCUT2D eigenvalue weighted by Crippen LogP contribution is 2.32. The molecule has 0 spiro atoms. The summed E-state index contributed by atoms with van der Waals surface area (Å²) in [5.41, 5.74) is 5.32. The van der Waals surface area contributed by atoms with E-state index in [1.54, 1.807) is 48.5 Å². The summed E-state index contributed by atoms with van der Waals surface area (Å²) in [7, 11) is 1.39. The molecule has 23 heteroatoms. The Morgan fingerprint density at radius 1 is 0.551 bits per heavy atom. The van der Waals surface area contributed by atoms with E-state index in [2.05, 4.69) is 62.7 Å². The van der Waals surface area contributed by atoms with Crippen molar-refractivity contribution in [3.63, 3.8) is 0 Å². The predicted molar refractivity (Wildman–Crippen MR) is 363 cm³/mol. The number of amides is 2. The van der Waals surface area contributed by atoms with Gasteiger partial charge in [0.15, 0.2) is 29.0 Å². The predicted octanol–water partition coefficient (Wildman–Crippen LogP) is 7.70. The van der Waals surface area contributed by atoms with Gasteiger partial charge < -0.3 is 80.1 Å². The lowest BCUT2D eigenvalue weighted by molar-refractivity contribution is -0.415. The molecular formula is C75H110ClN3O19. The number of ether oxygens (including phenoxy) is 12. The number of imide groups is 1. The van der Waals surface area contributed by atoms with Crippen LogP contribution >= 0.6 is 0 Å². The minimum absolute atomic E-state index is 0. The van der Waals surface area contributed by atoms with Crippen LogP contribution in [0, 0.1) is 41.4 Å². The molecule has 2 amide bonds. The first-order valence-electron chi connectivity index (χ1n) is 34.0. The summed E-state index contributed by atoms with van der Waals surface area (Å²) in [6.45, 7) is 30.7. The van der Waals surface area contributed by atoms with Gasteiger partial charge in [-0.15, -0.1) is 0 Å². The van der Waals surface area contributed by atoms with Gasteiger partial charge in [-0.1, -0.05) is 133 Å². The van der Waals surface area contributed by atoms with Gasteiger partial charge >= 0.3 is 30.1 Å². The molecule has 546 valence electrons. The van der Waals surface area contributed by atoms with Gasteiger partial charge in [-0.05, 0) is 116 Å². The Morgan fingerprint density at radius 3 is 1.30 bits per heavy atom. The van der Waals surface area contributed by atoms with Gasteiger partial charge in [0.25, 0.3) is 0 Å². The van der Waals surface area contributed by atoms with Gasteiger partial charge in [0.2, 0.25) is 6.04 Å². The Labute approximate surface area is 586 Å². The van der Waals surface area contributed by atoms with Crippen molar-refractivity contribution in [1.82, 2.24) is 9.88 Å². The molecule has 0 bridgehead atoms. The number of cyclic esters (lactones) is 3. The first kappa shape index (κ1) is 83.7. The number of aromatic nitrogens is 1. The van der Waals surface area contributed by atoms with Crippen LogP contribution in [0.3, 0.4) is 0 Å². The summed E-state index contributed by atoms with van der Waals surface area (Å²) in [6.07, 6.45) is -1.24. The molecule has 0 unspecified atom stereocenters. The second-order valence-electron chi connectivity index (χ2n) is 28.5. The van der Waals surface area contributed by atoms with E-state index < -0.39 is 77.4 Å². The molecule has 3 saturated heterocycles. The highest BCUT2D eigenvalue weighted by atomic mass is 35.5. The number of carbonyl (C=O) groups is 6. The summed E-state index contributed by atoms with van der Waals surface area (Å²) in [6, 6.07) is 29.8. The molecule has 0 saturated carbocycles. The standard InChI is InChI=1S/C29H45NO8.C27H35NO7.C19H29NO4.ClH/c1-19(2)16-35-24-20(3)36-25(31)23(18-34-17-22(24)15-21-13-11-10-12-14-21)30(26(32)37-28(4,5)6)27(33)38-29(7,8)9;1-17(2)14-34-26-18(3)35-27(31)21(13-22(29)24-25(30)23(32-4)10-11-28-24)16-33-15-20(26)12-19-8-6-5-7-9-19;1-13(2)10-23-18-14(3)24-19(21)17(20)12-22-11-16(18)9-15-7-5-4-6-8-15;/h10-14,19-20,22-24H,15-18H2,1-9H3;5-11,17-18,20-21,26,30H,12-16H2,1-4H3;4-8,13-14,16-18H,9-12,20H2,1-3H3;1H/t20-,22-,23-,24-;18-,20-,21-,26-;14-,16-,17-,18-;/m000./s1. The number of ketones is 1. The third-order valence-electron chi connectivity index (χ3n) is 15.7. The lowest BCUT2D eigenvalue weighted by Gasteiger charge is -2.33. The van der Waals surface area contributed by atoms with Gasteiger partial charge in [-0.25, -0.2) is 24.2 Å². The Balaban J connectivity index is 0.000000318. The smallest absolute Gasteiger partial charge is 0.420 e. The van der Waals surface area contributed by atoms with E-state index in [-0.39, 0.29) is 110 Å². The number of pyridine rings is 1. The van der Waals surface area contributed by atoms with Crippen LogP contribution in [0.1, 0.15) is 137 Å². The van der Waals surface area contributed by atoms with Crippen LogP contribution in [-0.2, 0) is 85.8 Å². The summed E-state index contributed by atoms with van der Waals surface area (Å²) < 4.78 is 69.6. The molecule has 7 rings (SSSR count). The molecule has 4 N–H and O–H groups in total. The molecule has 4 heterocycles. The van der Waals surface area contributed by atoms with Crippen molar-refractivity contribution in [1.29, 1.82) is 0 Å². The van der Waals surface area contributed by atoms with Gasteiger partial charge in [0.1, 0.15) is 36.1 Å². The van der Waals surface area contributed by atoms with Crippen LogP contribution in [0.4, 0.5) is 9.59 Å². The summed E-state index contributed by atoms with van der Waals surface area (Å²) in [5, 5.41) is 10.3. The second-order valence-corrected chi connectivity index (χ2v) is 28.5. The van der Waals surface area contributed by atoms with Crippen molar-refractivity contribution in [2.45, 2.75) is 189 Å². The molecule has 0 radical (unpaired) electrons. The monoisotopic (exact) mass is 1390 g/mol. The maximum Gasteiger partial charge on any atom is 0.420 e. The number of carbonyl (C=O) groups excluding carboxylic acids is 6. The number of hydrogen-bond donors (Lipinski definition) is 2. The number of Topliss-reactive ketones (excluding diaryl/α,β-unsaturated/α-hetero) is 1. The van der Waals surface area contributed by atoms with E-state index in [4.69, 9.17) is 56.8 Å². The minimum atomic E-state index is -1.40. The quantitative estimate of drug-likeness (QED) is 0.0487. The SMILES string of the molecule is CC(C)CO[C@@H]1[C@@H](Cc2ccccc2)COC[C@H](N(C(=O)OC(C)(C)C)C(=O)OC(C)(C)C)C(=O)O[C@H]1C.CC(C)CO[C@@H]1[C@@H](Cc2ccccc2)COC[C@H]([NH3+])C(=O)O[C@H]1C.COc1ccnc(C(=O)C[C@H]2COC[C@H](Cc3ccccc3)[C@@H](OCC(C)C)[C@H](C)OC2=O)c1O.[Cl-]. The number of hydrogen-bond acceptors (Lipinski definition) is 20. The number of aromatic hydroxyl groups is 1. The van der Waals surface area contributed by atoms with E-state index in [0.717, 1.165) is 17.5 Å². The summed E-state index contributed by atoms with van der Waals surface area (Å²) in [5.74, 6) is -2.25. The Morgan fingerprint density at radius 2 is 0.918 bits per heavy atom. The van der Waals surface area contributed by atoms with Crippen LogP contribution in [0.15, 0.2) is 103 Å². The van der Waals surface area contributed by atoms with Crippen LogP contribution < -0.4 is 22.9 Å². The number of quaternary nitrogens is 1. The molecule has 1 aromatic heterocycles. The van der Waals surface area contributed by atoms with Gasteiger partial charge in [-0.2, -0.15) is 4.90 Å².